The lowest BCUT2D eigenvalue weighted by Crippen LogP contribution is -2.01. The number of aryl methyl sites for hydroxylation is 1. The van der Waals surface area contributed by atoms with Crippen LogP contribution in [0.2, 0.25) is 0 Å². The second-order valence-electron chi connectivity index (χ2n) is 3.41. The van der Waals surface area contributed by atoms with Gasteiger partial charge in [-0.15, -0.1) is 11.3 Å². The summed E-state index contributed by atoms with van der Waals surface area (Å²) in [7, 11) is 0. The van der Waals surface area contributed by atoms with E-state index in [-0.39, 0.29) is 5.56 Å². The summed E-state index contributed by atoms with van der Waals surface area (Å²) in [5.41, 5.74) is 2.03. The van der Waals surface area contributed by atoms with Crippen LogP contribution in [0, 0.1) is 6.92 Å². The third-order valence-electron chi connectivity index (χ3n) is 2.27. The molecule has 0 unspecified atom stereocenters. The zero-order valence-corrected chi connectivity index (χ0v) is 9.54. The first-order chi connectivity index (χ1) is 7.68. The van der Waals surface area contributed by atoms with Crippen molar-refractivity contribution in [2.24, 2.45) is 0 Å². The normalized spacial score (nSPS) is 10.1. The summed E-state index contributed by atoms with van der Waals surface area (Å²) >= 11 is 1.56. The van der Waals surface area contributed by atoms with Crippen LogP contribution in [0.4, 0.5) is 10.7 Å². The number of carboxylic acids is 1. The zero-order chi connectivity index (χ0) is 11.5. The van der Waals surface area contributed by atoms with E-state index in [1.54, 1.807) is 29.5 Å². The first-order valence-electron chi connectivity index (χ1n) is 4.82. The lowest BCUT2D eigenvalue weighted by atomic mass is 10.2. The van der Waals surface area contributed by atoms with Gasteiger partial charge >= 0.3 is 5.97 Å². The molecule has 16 heavy (non-hydrogen) atoms. The molecule has 0 atom stereocenters. The molecule has 1 aromatic heterocycles. The minimum Gasteiger partial charge on any atom is -0.478 e. The van der Waals surface area contributed by atoms with E-state index in [1.165, 1.54) is 0 Å². The number of thiophene rings is 1. The number of carbonyl (C=O) groups is 1. The van der Waals surface area contributed by atoms with Crippen molar-refractivity contribution in [3.63, 3.8) is 0 Å². The summed E-state index contributed by atoms with van der Waals surface area (Å²) in [5, 5.41) is 15.1. The molecule has 0 aliphatic carbocycles. The van der Waals surface area contributed by atoms with E-state index in [0.29, 0.717) is 5.69 Å². The van der Waals surface area contributed by atoms with Crippen molar-refractivity contribution in [3.8, 4) is 0 Å². The highest BCUT2D eigenvalue weighted by atomic mass is 32.1. The third-order valence-corrected chi connectivity index (χ3v) is 3.20. The van der Waals surface area contributed by atoms with Crippen LogP contribution in [0.1, 0.15) is 15.9 Å². The smallest absolute Gasteiger partial charge is 0.337 e. The Kier molecular flexibility index (Phi) is 2.92. The quantitative estimate of drug-likeness (QED) is 0.853. The molecule has 0 saturated carbocycles. The SMILES string of the molecule is Cc1ccsc1Nc1ccccc1C(=O)O. The van der Waals surface area contributed by atoms with Crippen molar-refractivity contribution >= 4 is 28.0 Å². The molecule has 1 aromatic carbocycles. The Hall–Kier alpha value is -1.81. The van der Waals surface area contributed by atoms with E-state index in [1.807, 2.05) is 24.4 Å². The van der Waals surface area contributed by atoms with Crippen LogP contribution >= 0.6 is 11.3 Å². The fourth-order valence-corrected chi connectivity index (χ4v) is 2.23. The molecular formula is C12H11NO2S. The second-order valence-corrected chi connectivity index (χ2v) is 4.32. The monoisotopic (exact) mass is 233 g/mol. The van der Waals surface area contributed by atoms with Crippen molar-refractivity contribution in [3.05, 3.63) is 46.8 Å². The molecule has 0 aliphatic heterocycles. The van der Waals surface area contributed by atoms with Crippen LogP contribution in [-0.2, 0) is 0 Å². The third kappa shape index (κ3) is 2.06. The number of rotatable bonds is 3. The summed E-state index contributed by atoms with van der Waals surface area (Å²) in [6.07, 6.45) is 0. The van der Waals surface area contributed by atoms with E-state index < -0.39 is 5.97 Å². The summed E-state index contributed by atoms with van der Waals surface area (Å²) < 4.78 is 0. The molecule has 82 valence electrons. The molecule has 0 radical (unpaired) electrons. The topological polar surface area (TPSA) is 49.3 Å². The summed E-state index contributed by atoms with van der Waals surface area (Å²) in [4.78, 5) is 11.0. The summed E-state index contributed by atoms with van der Waals surface area (Å²) in [6, 6.07) is 8.89. The number of anilines is 2. The average Bonchev–Trinajstić information content (AvgIpc) is 2.65. The van der Waals surface area contributed by atoms with Gasteiger partial charge in [-0.3, -0.25) is 0 Å². The molecule has 0 fully saturated rings. The molecule has 0 aliphatic rings. The number of aromatic carboxylic acids is 1. The molecule has 3 nitrogen and oxygen atoms in total. The number of nitrogens with one attached hydrogen (secondary N) is 1. The largest absolute Gasteiger partial charge is 0.478 e. The van der Waals surface area contributed by atoms with E-state index >= 15 is 0 Å². The Morgan fingerprint density at radius 2 is 2.06 bits per heavy atom. The predicted octanol–water partition coefficient (Wildman–Crippen LogP) is 3.50. The van der Waals surface area contributed by atoms with Crippen molar-refractivity contribution in [1.29, 1.82) is 0 Å². The highest BCUT2D eigenvalue weighted by molar-refractivity contribution is 7.14. The van der Waals surface area contributed by atoms with Gasteiger partial charge in [0, 0.05) is 0 Å². The van der Waals surface area contributed by atoms with Gasteiger partial charge in [-0.25, -0.2) is 4.79 Å². The van der Waals surface area contributed by atoms with Crippen molar-refractivity contribution in [2.45, 2.75) is 6.92 Å². The van der Waals surface area contributed by atoms with Gasteiger partial charge < -0.3 is 10.4 Å². The zero-order valence-electron chi connectivity index (χ0n) is 8.73. The predicted molar refractivity (Wildman–Crippen MR) is 65.7 cm³/mol. The van der Waals surface area contributed by atoms with Crippen LogP contribution in [0.15, 0.2) is 35.7 Å². The van der Waals surface area contributed by atoms with Crippen LogP contribution in [0.5, 0.6) is 0 Å². The van der Waals surface area contributed by atoms with Gasteiger partial charge in [-0.2, -0.15) is 0 Å². The molecule has 2 N–H and O–H groups in total. The Labute approximate surface area is 97.4 Å². The highest BCUT2D eigenvalue weighted by Gasteiger charge is 2.09. The highest BCUT2D eigenvalue weighted by Crippen LogP contribution is 2.27. The maximum atomic E-state index is 11.0. The Morgan fingerprint density at radius 3 is 2.69 bits per heavy atom. The summed E-state index contributed by atoms with van der Waals surface area (Å²) in [5.74, 6) is -0.919. The fourth-order valence-electron chi connectivity index (χ4n) is 1.40. The van der Waals surface area contributed by atoms with Crippen molar-refractivity contribution in [1.82, 2.24) is 0 Å². The van der Waals surface area contributed by atoms with Gasteiger partial charge in [-0.05, 0) is 36.1 Å². The van der Waals surface area contributed by atoms with E-state index in [2.05, 4.69) is 5.32 Å². The van der Waals surface area contributed by atoms with Crippen LogP contribution in [0.25, 0.3) is 0 Å². The number of hydrogen-bond acceptors (Lipinski definition) is 3. The van der Waals surface area contributed by atoms with E-state index in [4.69, 9.17) is 5.11 Å². The Balaban J connectivity index is 2.35. The maximum Gasteiger partial charge on any atom is 0.337 e. The number of benzene rings is 1. The lowest BCUT2D eigenvalue weighted by Gasteiger charge is -2.08. The maximum absolute atomic E-state index is 11.0. The molecule has 0 amide bonds. The van der Waals surface area contributed by atoms with Crippen LogP contribution in [0.3, 0.4) is 0 Å². The molecule has 0 saturated heterocycles. The van der Waals surface area contributed by atoms with Crippen LogP contribution < -0.4 is 5.32 Å². The first kappa shape index (κ1) is 10.7. The first-order valence-corrected chi connectivity index (χ1v) is 5.70. The van der Waals surface area contributed by atoms with Crippen molar-refractivity contribution < 1.29 is 9.90 Å². The number of hydrogen-bond donors (Lipinski definition) is 2. The second kappa shape index (κ2) is 4.37. The average molecular weight is 233 g/mol. The van der Waals surface area contributed by atoms with Gasteiger partial charge in [0.2, 0.25) is 0 Å². The molecular weight excluding hydrogens is 222 g/mol. The van der Waals surface area contributed by atoms with Crippen LogP contribution in [-0.4, -0.2) is 11.1 Å². The fraction of sp³-hybridized carbons (Fsp3) is 0.0833. The molecule has 1 heterocycles. The minimum atomic E-state index is -0.919. The number of carboxylic acid groups (broad SMARTS) is 1. The molecule has 4 heteroatoms. The van der Waals surface area contributed by atoms with Crippen molar-refractivity contribution in [2.75, 3.05) is 5.32 Å². The molecule has 0 spiro atoms. The minimum absolute atomic E-state index is 0.287. The van der Waals surface area contributed by atoms with Gasteiger partial charge in [-0.1, -0.05) is 12.1 Å². The van der Waals surface area contributed by atoms with E-state index in [9.17, 15) is 4.79 Å². The molecule has 2 aromatic rings. The van der Waals surface area contributed by atoms with Gasteiger partial charge in [0.15, 0.2) is 0 Å². The van der Waals surface area contributed by atoms with E-state index in [0.717, 1.165) is 10.6 Å². The molecule has 0 bridgehead atoms. The van der Waals surface area contributed by atoms with Gasteiger partial charge in [0.25, 0.3) is 0 Å². The Bertz CT molecular complexity index is 519. The number of para-hydroxylation sites is 1. The summed E-state index contributed by atoms with van der Waals surface area (Å²) in [6.45, 7) is 1.99. The molecule has 2 rings (SSSR count). The Morgan fingerprint density at radius 1 is 1.31 bits per heavy atom. The van der Waals surface area contributed by atoms with Gasteiger partial charge in [0.05, 0.1) is 16.3 Å². The van der Waals surface area contributed by atoms with Gasteiger partial charge in [0.1, 0.15) is 0 Å². The lowest BCUT2D eigenvalue weighted by molar-refractivity contribution is 0.0698. The standard InChI is InChI=1S/C12H11NO2S/c1-8-6-7-16-11(8)13-10-5-3-2-4-9(10)12(14)15/h2-7,13H,1H3,(H,14,15).